The first-order chi connectivity index (χ1) is 7.99. The number of nitrogen functional groups attached to an aromatic ring is 1. The van der Waals surface area contributed by atoms with Crippen molar-refractivity contribution in [1.82, 2.24) is 9.78 Å². The Bertz CT molecular complexity index is 592. The van der Waals surface area contributed by atoms with E-state index in [4.69, 9.17) is 10.8 Å². The minimum atomic E-state index is -1.20. The highest BCUT2D eigenvalue weighted by Crippen LogP contribution is 2.21. The summed E-state index contributed by atoms with van der Waals surface area (Å²) >= 11 is 0. The first kappa shape index (κ1) is 11.1. The van der Waals surface area contributed by atoms with Crippen LogP contribution in [0, 0.1) is 12.7 Å². The third-order valence-electron chi connectivity index (χ3n) is 2.31. The van der Waals surface area contributed by atoms with Gasteiger partial charge in [-0.2, -0.15) is 5.10 Å². The fourth-order valence-electron chi connectivity index (χ4n) is 1.48. The van der Waals surface area contributed by atoms with E-state index in [-0.39, 0.29) is 16.9 Å². The lowest BCUT2D eigenvalue weighted by Crippen LogP contribution is -2.07. The number of benzene rings is 1. The average molecular weight is 235 g/mol. The van der Waals surface area contributed by atoms with Gasteiger partial charge in [-0.1, -0.05) is 0 Å². The van der Waals surface area contributed by atoms with Gasteiger partial charge in [0.1, 0.15) is 5.69 Å². The fraction of sp³-hybridized carbons (Fsp3) is 0.0909. The number of hydrogen-bond acceptors (Lipinski definition) is 3. The molecule has 0 unspecified atom stereocenters. The van der Waals surface area contributed by atoms with E-state index in [2.05, 4.69) is 5.10 Å². The van der Waals surface area contributed by atoms with Crippen molar-refractivity contribution < 1.29 is 14.3 Å². The first-order valence-electron chi connectivity index (χ1n) is 4.83. The number of carboxylic acid groups (broad SMARTS) is 1. The molecule has 2 rings (SSSR count). The number of anilines is 1. The summed E-state index contributed by atoms with van der Waals surface area (Å²) < 4.78 is 14.9. The van der Waals surface area contributed by atoms with Crippen LogP contribution in [0.25, 0.3) is 5.69 Å². The quantitative estimate of drug-likeness (QED) is 0.774. The van der Waals surface area contributed by atoms with Crippen molar-refractivity contribution in [1.29, 1.82) is 0 Å². The molecule has 0 aliphatic carbocycles. The van der Waals surface area contributed by atoms with Crippen LogP contribution in [0.1, 0.15) is 15.9 Å². The van der Waals surface area contributed by atoms with Crippen molar-refractivity contribution in [2.45, 2.75) is 6.92 Å². The highest BCUT2D eigenvalue weighted by molar-refractivity contribution is 5.94. The minimum Gasteiger partial charge on any atom is -0.478 e. The molecule has 1 aromatic heterocycles. The van der Waals surface area contributed by atoms with Gasteiger partial charge in [-0.3, -0.25) is 0 Å². The standard InChI is InChI=1S/C11H10FN3O2/c1-6-4-14-15(5-6)10-2-7(11(16)17)9(13)3-8(10)12/h2-5H,13H2,1H3,(H,16,17). The van der Waals surface area contributed by atoms with Gasteiger partial charge in [-0.15, -0.1) is 0 Å². The smallest absolute Gasteiger partial charge is 0.337 e. The van der Waals surface area contributed by atoms with Crippen LogP contribution < -0.4 is 5.73 Å². The summed E-state index contributed by atoms with van der Waals surface area (Å²) in [5.41, 5.74) is 6.08. The van der Waals surface area contributed by atoms with E-state index in [1.54, 1.807) is 19.3 Å². The molecule has 5 nitrogen and oxygen atoms in total. The Labute approximate surface area is 96.3 Å². The number of aryl methyl sites for hydroxylation is 1. The lowest BCUT2D eigenvalue weighted by Gasteiger charge is -2.07. The van der Waals surface area contributed by atoms with Crippen molar-refractivity contribution >= 4 is 11.7 Å². The monoisotopic (exact) mass is 235 g/mol. The van der Waals surface area contributed by atoms with Crippen LogP contribution in [0.2, 0.25) is 0 Å². The largest absolute Gasteiger partial charge is 0.478 e. The Balaban J connectivity index is 2.62. The van der Waals surface area contributed by atoms with Crippen LogP contribution in [-0.4, -0.2) is 20.9 Å². The zero-order valence-corrected chi connectivity index (χ0v) is 9.01. The summed E-state index contributed by atoms with van der Waals surface area (Å²) in [4.78, 5) is 10.9. The van der Waals surface area contributed by atoms with E-state index < -0.39 is 11.8 Å². The molecule has 0 fully saturated rings. The maximum Gasteiger partial charge on any atom is 0.337 e. The molecule has 0 saturated heterocycles. The third-order valence-corrected chi connectivity index (χ3v) is 2.31. The predicted molar refractivity (Wildman–Crippen MR) is 59.6 cm³/mol. The molecule has 1 aromatic carbocycles. The molecule has 0 atom stereocenters. The first-order valence-corrected chi connectivity index (χ1v) is 4.83. The number of nitrogens with two attached hydrogens (primary N) is 1. The van der Waals surface area contributed by atoms with Crippen LogP contribution in [0.3, 0.4) is 0 Å². The molecule has 0 aliphatic heterocycles. The third kappa shape index (κ3) is 1.96. The van der Waals surface area contributed by atoms with Gasteiger partial charge in [0.05, 0.1) is 11.8 Å². The van der Waals surface area contributed by atoms with Crippen LogP contribution in [0.5, 0.6) is 0 Å². The molecule has 0 amide bonds. The van der Waals surface area contributed by atoms with Crippen LogP contribution in [0.4, 0.5) is 10.1 Å². The molecular weight excluding hydrogens is 225 g/mol. The maximum atomic E-state index is 13.7. The molecule has 0 bridgehead atoms. The maximum absolute atomic E-state index is 13.7. The number of aromatic nitrogens is 2. The average Bonchev–Trinajstić information content (AvgIpc) is 2.64. The Kier molecular flexibility index (Phi) is 2.55. The molecule has 88 valence electrons. The highest BCUT2D eigenvalue weighted by atomic mass is 19.1. The normalized spacial score (nSPS) is 10.5. The molecule has 0 spiro atoms. The minimum absolute atomic E-state index is 0.0599. The summed E-state index contributed by atoms with van der Waals surface area (Å²) in [6.45, 7) is 1.80. The SMILES string of the molecule is Cc1cnn(-c2cc(C(=O)O)c(N)cc2F)c1. The Morgan fingerprint density at radius 1 is 1.53 bits per heavy atom. The Morgan fingerprint density at radius 2 is 2.24 bits per heavy atom. The second kappa shape index (κ2) is 3.89. The van der Waals surface area contributed by atoms with Crippen LogP contribution >= 0.6 is 0 Å². The summed E-state index contributed by atoms with van der Waals surface area (Å²) in [6.07, 6.45) is 3.15. The molecule has 1 heterocycles. The van der Waals surface area contributed by atoms with E-state index in [1.165, 1.54) is 10.7 Å². The number of halogens is 1. The van der Waals surface area contributed by atoms with Gasteiger partial charge in [0, 0.05) is 11.9 Å². The van der Waals surface area contributed by atoms with E-state index >= 15 is 0 Å². The van der Waals surface area contributed by atoms with Crippen molar-refractivity contribution in [2.75, 3.05) is 5.73 Å². The number of carbonyl (C=O) groups is 1. The number of hydrogen-bond donors (Lipinski definition) is 2. The van der Waals surface area contributed by atoms with Crippen LogP contribution in [-0.2, 0) is 0 Å². The summed E-state index contributed by atoms with van der Waals surface area (Å²) in [6, 6.07) is 2.15. The zero-order chi connectivity index (χ0) is 12.6. The van der Waals surface area contributed by atoms with Gasteiger partial charge in [0.25, 0.3) is 0 Å². The number of rotatable bonds is 2. The van der Waals surface area contributed by atoms with E-state index in [0.717, 1.165) is 11.6 Å². The zero-order valence-electron chi connectivity index (χ0n) is 9.01. The number of carboxylic acids is 1. The molecule has 17 heavy (non-hydrogen) atoms. The Morgan fingerprint density at radius 3 is 2.76 bits per heavy atom. The highest BCUT2D eigenvalue weighted by Gasteiger charge is 2.14. The molecule has 0 aliphatic rings. The Hall–Kier alpha value is -2.37. The summed E-state index contributed by atoms with van der Waals surface area (Å²) in [5.74, 6) is -1.82. The predicted octanol–water partition coefficient (Wildman–Crippen LogP) is 1.60. The summed E-state index contributed by atoms with van der Waals surface area (Å²) in [5, 5.41) is 12.8. The van der Waals surface area contributed by atoms with Crippen molar-refractivity contribution in [2.24, 2.45) is 0 Å². The molecule has 0 radical (unpaired) electrons. The topological polar surface area (TPSA) is 81.1 Å². The molecule has 6 heteroatoms. The van der Waals surface area contributed by atoms with Crippen molar-refractivity contribution in [3.8, 4) is 5.69 Å². The van der Waals surface area contributed by atoms with E-state index in [1.807, 2.05) is 0 Å². The van der Waals surface area contributed by atoms with Gasteiger partial charge < -0.3 is 10.8 Å². The van der Waals surface area contributed by atoms with Gasteiger partial charge in [0.2, 0.25) is 0 Å². The second-order valence-electron chi connectivity index (χ2n) is 3.66. The number of nitrogens with zero attached hydrogens (tertiary/aromatic N) is 2. The van der Waals surface area contributed by atoms with Crippen molar-refractivity contribution in [3.05, 3.63) is 41.5 Å². The van der Waals surface area contributed by atoms with E-state index in [9.17, 15) is 9.18 Å². The van der Waals surface area contributed by atoms with Gasteiger partial charge >= 0.3 is 5.97 Å². The van der Waals surface area contributed by atoms with E-state index in [0.29, 0.717) is 0 Å². The van der Waals surface area contributed by atoms with Crippen molar-refractivity contribution in [3.63, 3.8) is 0 Å². The van der Waals surface area contributed by atoms with Gasteiger partial charge in [0.15, 0.2) is 5.82 Å². The number of aromatic carboxylic acids is 1. The van der Waals surface area contributed by atoms with Gasteiger partial charge in [-0.25, -0.2) is 13.9 Å². The summed E-state index contributed by atoms with van der Waals surface area (Å²) in [7, 11) is 0. The molecule has 2 aromatic rings. The lowest BCUT2D eigenvalue weighted by molar-refractivity contribution is 0.0698. The molecule has 0 saturated carbocycles. The molecule has 3 N–H and O–H groups in total. The molecular formula is C11H10FN3O2. The fourth-order valence-corrected chi connectivity index (χ4v) is 1.48. The van der Waals surface area contributed by atoms with Gasteiger partial charge in [-0.05, 0) is 24.6 Å². The van der Waals surface area contributed by atoms with Crippen LogP contribution in [0.15, 0.2) is 24.5 Å². The second-order valence-corrected chi connectivity index (χ2v) is 3.66. The lowest BCUT2D eigenvalue weighted by atomic mass is 10.1.